The Kier molecular flexibility index (Phi) is 10.4. The van der Waals surface area contributed by atoms with Crippen molar-refractivity contribution < 1.29 is 14.4 Å². The molecule has 3 aliphatic rings. The van der Waals surface area contributed by atoms with E-state index in [1.807, 2.05) is 164 Å². The molecular weight excluding hydrogens is 834 g/mol. The molecule has 0 spiro atoms. The minimum atomic E-state index is -1.45. The molecule has 298 valence electrons. The van der Waals surface area contributed by atoms with Crippen molar-refractivity contribution in [3.05, 3.63) is 210 Å². The number of amides is 2. The normalized spacial score (nSPS) is 21.1. The fourth-order valence-corrected chi connectivity index (χ4v) is 12.3. The molecule has 0 unspecified atom stereocenters. The monoisotopic (exact) mass is 869 g/mol. The summed E-state index contributed by atoms with van der Waals surface area (Å²) < 4.78 is 0. The third-order valence-electron chi connectivity index (χ3n) is 12.3. The highest BCUT2D eigenvalue weighted by atomic mass is 35.5. The molecule has 2 bridgehead atoms. The van der Waals surface area contributed by atoms with E-state index in [4.69, 9.17) is 23.2 Å². The predicted molar refractivity (Wildman–Crippen MR) is 249 cm³/mol. The molecule has 2 aliphatic carbocycles. The lowest BCUT2D eigenvalue weighted by Gasteiger charge is -2.38. The Bertz CT molecular complexity index is 2790. The first-order valence-electron chi connectivity index (χ1n) is 20.2. The van der Waals surface area contributed by atoms with Gasteiger partial charge in [-0.25, -0.2) is 4.90 Å². The van der Waals surface area contributed by atoms with Gasteiger partial charge < -0.3 is 0 Å². The molecule has 1 aliphatic heterocycles. The number of fused-ring (bicyclic) bond motifs is 13. The predicted octanol–water partition coefficient (Wildman–Crippen LogP) is 12.7. The fraction of sp³-hybridized carbons (Fsp3) is 0.113. The van der Waals surface area contributed by atoms with Gasteiger partial charge in [-0.2, -0.15) is 0 Å². The van der Waals surface area contributed by atoms with Gasteiger partial charge in [-0.15, -0.1) is 23.2 Å². The molecule has 2 amide bonds. The van der Waals surface area contributed by atoms with E-state index in [-0.39, 0.29) is 17.6 Å². The number of imide groups is 1. The largest absolute Gasteiger partial charge is 0.297 e. The van der Waals surface area contributed by atoms with Gasteiger partial charge in [-0.05, 0) is 80.2 Å². The Hall–Kier alpha value is -5.63. The fourth-order valence-electron chi connectivity index (χ4n) is 10.3. The second-order valence-corrected chi connectivity index (χ2v) is 18.3. The average molecular weight is 871 g/mol. The van der Waals surface area contributed by atoms with Gasteiger partial charge in [-0.1, -0.05) is 175 Å². The summed E-state index contributed by atoms with van der Waals surface area (Å²) in [6, 6.07) is 62.1. The van der Waals surface area contributed by atoms with E-state index >= 15 is 14.4 Å². The Balaban J connectivity index is 0.00000107. The number of carbonyl (C=O) groups excluding carboxylic acids is 3. The number of halogens is 2. The highest BCUT2D eigenvalue weighted by Gasteiger charge is 2.82. The average Bonchev–Trinajstić information content (AvgIpc) is 3.83. The number of rotatable bonds is 8. The summed E-state index contributed by atoms with van der Waals surface area (Å²) in [4.78, 5) is 53.5. The molecule has 8 aromatic carbocycles. The lowest BCUT2D eigenvalue weighted by molar-refractivity contribution is -0.130. The Morgan fingerprint density at radius 2 is 0.770 bits per heavy atom. The third kappa shape index (κ3) is 5.87. The Morgan fingerprint density at radius 1 is 0.426 bits per heavy atom. The first-order valence-corrected chi connectivity index (χ1v) is 22.9. The van der Waals surface area contributed by atoms with Crippen LogP contribution in [0.5, 0.6) is 0 Å². The van der Waals surface area contributed by atoms with E-state index in [0.717, 1.165) is 63.4 Å². The van der Waals surface area contributed by atoms with Crippen molar-refractivity contribution in [1.82, 2.24) is 0 Å². The number of carbonyl (C=O) groups is 3. The summed E-state index contributed by atoms with van der Waals surface area (Å²) in [6.07, 6.45) is 0. The number of hydrogen-bond acceptors (Lipinski definition) is 5. The third-order valence-corrected chi connectivity index (χ3v) is 15.0. The number of para-hydroxylation sites is 1. The Labute approximate surface area is 372 Å². The van der Waals surface area contributed by atoms with E-state index in [1.165, 1.54) is 28.4 Å². The molecular formula is C53H37Cl2NO3S2. The second-order valence-electron chi connectivity index (χ2n) is 15.3. The van der Waals surface area contributed by atoms with Crippen molar-refractivity contribution in [3.8, 4) is 0 Å². The molecule has 1 saturated carbocycles. The van der Waals surface area contributed by atoms with E-state index in [1.54, 1.807) is 0 Å². The molecule has 0 radical (unpaired) electrons. The second kappa shape index (κ2) is 16.0. The number of hydrogen-bond donors (Lipinski definition) is 0. The topological polar surface area (TPSA) is 54.5 Å². The van der Waals surface area contributed by atoms with Crippen LogP contribution in [0.3, 0.4) is 0 Å². The summed E-state index contributed by atoms with van der Waals surface area (Å²) in [5.41, 5.74) is 0.805. The molecule has 0 N–H and O–H groups in total. The standard InChI is InChI=1S/C51H33NO3S2.C2H4Cl2/c53-47-44-45(48(54)52(47)46-40(56-34-22-9-3-10-23-34)30-17-31-41(46)57-35-24-11-4-12-25-35)51(33-20-7-2-8-21-33)43-39-29-16-14-27-37(39)36-26-13-15-28-38(36)42(43)50(44,49(51)55)32-18-5-1-6-19-32;3-1-2-4/h1-31,44-45H;1-2H2/t44-,45+,50+,51-;. The van der Waals surface area contributed by atoms with Crippen LogP contribution in [0.15, 0.2) is 208 Å². The first kappa shape index (κ1) is 39.5. The van der Waals surface area contributed by atoms with Crippen LogP contribution in [-0.4, -0.2) is 29.4 Å². The van der Waals surface area contributed by atoms with Gasteiger partial charge >= 0.3 is 0 Å². The summed E-state index contributed by atoms with van der Waals surface area (Å²) in [7, 11) is 0. The molecule has 4 nitrogen and oxygen atoms in total. The van der Waals surface area contributed by atoms with Crippen molar-refractivity contribution in [2.75, 3.05) is 16.7 Å². The van der Waals surface area contributed by atoms with E-state index < -0.39 is 22.7 Å². The summed E-state index contributed by atoms with van der Waals surface area (Å²) in [5, 5.41) is 3.89. The Morgan fingerprint density at radius 3 is 1.15 bits per heavy atom. The van der Waals surface area contributed by atoms with Gasteiger partial charge in [0.1, 0.15) is 0 Å². The first-order chi connectivity index (χ1) is 30.0. The number of ketones is 1. The maximum absolute atomic E-state index is 16.4. The molecule has 11 rings (SSSR count). The van der Waals surface area contributed by atoms with Crippen molar-refractivity contribution >= 4 is 91.6 Å². The number of benzene rings is 8. The molecule has 4 atom stereocenters. The van der Waals surface area contributed by atoms with Gasteiger partial charge in [0.15, 0.2) is 5.78 Å². The maximum atomic E-state index is 16.4. The van der Waals surface area contributed by atoms with Gasteiger partial charge in [0.25, 0.3) is 0 Å². The maximum Gasteiger partial charge on any atom is 0.239 e. The zero-order valence-electron chi connectivity index (χ0n) is 32.7. The molecule has 8 aromatic rings. The van der Waals surface area contributed by atoms with Crippen LogP contribution >= 0.6 is 46.7 Å². The van der Waals surface area contributed by atoms with Crippen LogP contribution in [0.2, 0.25) is 0 Å². The van der Waals surface area contributed by atoms with Gasteiger partial charge in [0, 0.05) is 31.3 Å². The molecule has 61 heavy (non-hydrogen) atoms. The minimum absolute atomic E-state index is 0.105. The van der Waals surface area contributed by atoms with E-state index in [2.05, 4.69) is 24.3 Å². The minimum Gasteiger partial charge on any atom is -0.297 e. The highest BCUT2D eigenvalue weighted by molar-refractivity contribution is 8.00. The van der Waals surface area contributed by atoms with Crippen LogP contribution in [0.25, 0.3) is 21.5 Å². The van der Waals surface area contributed by atoms with E-state index in [9.17, 15) is 0 Å². The van der Waals surface area contributed by atoms with Crippen LogP contribution in [0.1, 0.15) is 22.3 Å². The van der Waals surface area contributed by atoms with Crippen LogP contribution in [-0.2, 0) is 25.2 Å². The van der Waals surface area contributed by atoms with Gasteiger partial charge in [-0.3, -0.25) is 14.4 Å². The van der Waals surface area contributed by atoms with Crippen molar-refractivity contribution in [3.63, 3.8) is 0 Å². The van der Waals surface area contributed by atoms with Crippen molar-refractivity contribution in [2.24, 2.45) is 11.8 Å². The highest BCUT2D eigenvalue weighted by Crippen LogP contribution is 2.73. The van der Waals surface area contributed by atoms with Crippen LogP contribution < -0.4 is 4.90 Å². The van der Waals surface area contributed by atoms with Crippen molar-refractivity contribution in [1.29, 1.82) is 0 Å². The SMILES string of the molecule is ClCCCl.O=C1[C@@H]2[C@H](C(=O)N1c1c(Sc3ccccc3)cccc1Sc1ccccc1)[C@@]1(c3ccccc3)C(=O)[C@]2(c2ccccc2)c2c1c1ccccc1c1ccccc21. The van der Waals surface area contributed by atoms with E-state index in [0.29, 0.717) is 17.4 Å². The van der Waals surface area contributed by atoms with Crippen LogP contribution in [0, 0.1) is 11.8 Å². The lowest BCUT2D eigenvalue weighted by Crippen LogP contribution is -2.45. The van der Waals surface area contributed by atoms with Gasteiger partial charge in [0.2, 0.25) is 11.8 Å². The van der Waals surface area contributed by atoms with Gasteiger partial charge in [0.05, 0.1) is 28.4 Å². The zero-order chi connectivity index (χ0) is 41.7. The lowest BCUT2D eigenvalue weighted by atomic mass is 9.59. The van der Waals surface area contributed by atoms with Crippen LogP contribution in [0.4, 0.5) is 5.69 Å². The summed E-state index contributed by atoms with van der Waals surface area (Å²) in [5.74, 6) is -1.68. The number of nitrogens with zero attached hydrogens (tertiary/aromatic N) is 1. The molecule has 1 heterocycles. The number of anilines is 1. The van der Waals surface area contributed by atoms with Crippen molar-refractivity contribution in [2.45, 2.75) is 30.4 Å². The molecule has 1 saturated heterocycles. The number of alkyl halides is 2. The summed E-state index contributed by atoms with van der Waals surface area (Å²) in [6.45, 7) is 0. The smallest absolute Gasteiger partial charge is 0.239 e. The molecule has 2 fully saturated rings. The molecule has 8 heteroatoms. The quantitative estimate of drug-likeness (QED) is 0.0865. The summed E-state index contributed by atoms with van der Waals surface area (Å²) >= 11 is 13.2. The molecule has 0 aromatic heterocycles. The number of Topliss-reactive ketones (excluding diaryl/α,β-unsaturated/α-hetero) is 1. The zero-order valence-corrected chi connectivity index (χ0v) is 35.9.